The predicted molar refractivity (Wildman–Crippen MR) is 99.6 cm³/mol. The molecule has 2 aromatic carbocycles. The van der Waals surface area contributed by atoms with E-state index in [1.54, 1.807) is 0 Å². The van der Waals surface area contributed by atoms with Gasteiger partial charge in [0.15, 0.2) is 0 Å². The zero-order valence-corrected chi connectivity index (χ0v) is 14.9. The smallest absolute Gasteiger partial charge is 0.315 e. The predicted octanol–water partition coefficient (Wildman–Crippen LogP) is 3.65. The van der Waals surface area contributed by atoms with Crippen LogP contribution >= 0.6 is 0 Å². The maximum absolute atomic E-state index is 12.0. The first-order valence-corrected chi connectivity index (χ1v) is 8.64. The molecule has 0 saturated heterocycles. The molecule has 1 heterocycles. The SMILES string of the molecule is CCNC(=O)NC(Cc1ccccc1)c1nc(-c2cccc(C)c2)no1. The lowest BCUT2D eigenvalue weighted by Gasteiger charge is -2.15. The molecule has 0 aliphatic rings. The summed E-state index contributed by atoms with van der Waals surface area (Å²) in [5, 5.41) is 9.74. The van der Waals surface area contributed by atoms with Gasteiger partial charge in [-0.2, -0.15) is 4.98 Å². The van der Waals surface area contributed by atoms with Crippen LogP contribution in [0.25, 0.3) is 11.4 Å². The van der Waals surface area contributed by atoms with Crippen molar-refractivity contribution in [3.8, 4) is 11.4 Å². The number of amides is 2. The lowest BCUT2D eigenvalue weighted by atomic mass is 10.1. The fraction of sp³-hybridized carbons (Fsp3) is 0.250. The second kappa shape index (κ2) is 8.29. The van der Waals surface area contributed by atoms with Crippen LogP contribution in [-0.2, 0) is 6.42 Å². The summed E-state index contributed by atoms with van der Waals surface area (Å²) in [6, 6.07) is 17.1. The zero-order valence-electron chi connectivity index (χ0n) is 14.9. The molecule has 0 fully saturated rings. The van der Waals surface area contributed by atoms with E-state index in [0.717, 1.165) is 16.7 Å². The van der Waals surface area contributed by atoms with Gasteiger partial charge in [0.25, 0.3) is 0 Å². The van der Waals surface area contributed by atoms with Gasteiger partial charge >= 0.3 is 6.03 Å². The second-order valence-corrected chi connectivity index (χ2v) is 6.07. The molecule has 3 aromatic rings. The molecule has 0 saturated carbocycles. The Hall–Kier alpha value is -3.15. The summed E-state index contributed by atoms with van der Waals surface area (Å²) < 4.78 is 5.47. The van der Waals surface area contributed by atoms with E-state index < -0.39 is 6.04 Å². The lowest BCUT2D eigenvalue weighted by molar-refractivity contribution is 0.233. The van der Waals surface area contributed by atoms with Crippen LogP contribution in [0, 0.1) is 6.92 Å². The fourth-order valence-electron chi connectivity index (χ4n) is 2.70. The molecule has 0 aliphatic heterocycles. The van der Waals surface area contributed by atoms with E-state index >= 15 is 0 Å². The number of aromatic nitrogens is 2. The highest BCUT2D eigenvalue weighted by Crippen LogP contribution is 2.22. The van der Waals surface area contributed by atoms with Crippen LogP contribution < -0.4 is 10.6 Å². The van der Waals surface area contributed by atoms with Gasteiger partial charge < -0.3 is 15.2 Å². The third kappa shape index (κ3) is 4.47. The van der Waals surface area contributed by atoms with Crippen LogP contribution in [0.5, 0.6) is 0 Å². The van der Waals surface area contributed by atoms with Crippen molar-refractivity contribution < 1.29 is 9.32 Å². The van der Waals surface area contributed by atoms with Crippen molar-refractivity contribution in [2.75, 3.05) is 6.54 Å². The summed E-state index contributed by atoms with van der Waals surface area (Å²) >= 11 is 0. The minimum atomic E-state index is -0.407. The Morgan fingerprint density at radius 3 is 2.69 bits per heavy atom. The van der Waals surface area contributed by atoms with E-state index in [-0.39, 0.29) is 6.03 Å². The van der Waals surface area contributed by atoms with Crippen LogP contribution in [0.15, 0.2) is 59.1 Å². The van der Waals surface area contributed by atoms with Crippen LogP contribution in [0.4, 0.5) is 4.79 Å². The lowest BCUT2D eigenvalue weighted by Crippen LogP contribution is -2.38. The van der Waals surface area contributed by atoms with Gasteiger partial charge in [-0.3, -0.25) is 0 Å². The fourth-order valence-corrected chi connectivity index (χ4v) is 2.70. The number of urea groups is 1. The highest BCUT2D eigenvalue weighted by Gasteiger charge is 2.22. The zero-order chi connectivity index (χ0) is 18.4. The Morgan fingerprint density at radius 1 is 1.15 bits per heavy atom. The molecule has 3 rings (SSSR count). The normalized spacial score (nSPS) is 11.8. The first kappa shape index (κ1) is 17.7. The van der Waals surface area contributed by atoms with Crippen LogP contribution in [0.3, 0.4) is 0 Å². The molecule has 0 bridgehead atoms. The van der Waals surface area contributed by atoms with Crippen LogP contribution in [0.2, 0.25) is 0 Å². The average Bonchev–Trinajstić information content (AvgIpc) is 3.12. The maximum Gasteiger partial charge on any atom is 0.315 e. The quantitative estimate of drug-likeness (QED) is 0.711. The van der Waals surface area contributed by atoms with Gasteiger partial charge in [0.05, 0.1) is 0 Å². The number of hydrogen-bond acceptors (Lipinski definition) is 4. The molecule has 0 spiro atoms. The van der Waals surface area contributed by atoms with E-state index in [1.165, 1.54) is 0 Å². The molecule has 1 unspecified atom stereocenters. The number of aryl methyl sites for hydroxylation is 1. The molecule has 0 aliphatic carbocycles. The van der Waals surface area contributed by atoms with E-state index in [0.29, 0.717) is 24.7 Å². The van der Waals surface area contributed by atoms with E-state index in [9.17, 15) is 4.79 Å². The van der Waals surface area contributed by atoms with Gasteiger partial charge in [-0.15, -0.1) is 0 Å². The number of rotatable bonds is 6. The molecule has 2 amide bonds. The van der Waals surface area contributed by atoms with E-state index in [4.69, 9.17) is 4.52 Å². The Bertz CT molecular complexity index is 861. The highest BCUT2D eigenvalue weighted by atomic mass is 16.5. The highest BCUT2D eigenvalue weighted by molar-refractivity contribution is 5.74. The molecule has 26 heavy (non-hydrogen) atoms. The van der Waals surface area contributed by atoms with Gasteiger partial charge in [-0.05, 0) is 25.5 Å². The van der Waals surface area contributed by atoms with Crippen LogP contribution in [-0.4, -0.2) is 22.7 Å². The first-order chi connectivity index (χ1) is 12.7. The third-order valence-electron chi connectivity index (χ3n) is 3.94. The molecule has 134 valence electrons. The van der Waals surface area contributed by atoms with Gasteiger partial charge in [0, 0.05) is 18.5 Å². The van der Waals surface area contributed by atoms with Crippen LogP contribution in [0.1, 0.15) is 30.0 Å². The summed E-state index contributed by atoms with van der Waals surface area (Å²) in [6.45, 7) is 4.43. The summed E-state index contributed by atoms with van der Waals surface area (Å²) in [5.74, 6) is 0.899. The molecular weight excluding hydrogens is 328 g/mol. The second-order valence-electron chi connectivity index (χ2n) is 6.07. The molecule has 2 N–H and O–H groups in total. The first-order valence-electron chi connectivity index (χ1n) is 8.64. The molecule has 6 nitrogen and oxygen atoms in total. The molecule has 6 heteroatoms. The number of benzene rings is 2. The van der Waals surface area contributed by atoms with Crippen molar-refractivity contribution in [3.05, 3.63) is 71.6 Å². The standard InChI is InChI=1S/C20H22N4O2/c1-3-21-20(25)22-17(13-15-9-5-4-6-10-15)19-23-18(24-26-19)16-11-7-8-14(2)12-16/h4-12,17H,3,13H2,1-2H3,(H2,21,22,25). The average molecular weight is 350 g/mol. The number of carbonyl (C=O) groups excluding carboxylic acids is 1. The van der Waals surface area contributed by atoms with Crippen molar-refractivity contribution in [1.82, 2.24) is 20.8 Å². The van der Waals surface area contributed by atoms with Crippen molar-refractivity contribution in [2.45, 2.75) is 26.3 Å². The summed E-state index contributed by atoms with van der Waals surface area (Å²) in [7, 11) is 0. The summed E-state index contributed by atoms with van der Waals surface area (Å²) in [4.78, 5) is 16.5. The van der Waals surface area contributed by atoms with Crippen molar-refractivity contribution in [1.29, 1.82) is 0 Å². The molecule has 1 aromatic heterocycles. The largest absolute Gasteiger partial charge is 0.338 e. The minimum Gasteiger partial charge on any atom is -0.338 e. The topological polar surface area (TPSA) is 80.0 Å². The minimum absolute atomic E-state index is 0.260. The summed E-state index contributed by atoms with van der Waals surface area (Å²) in [6.07, 6.45) is 0.563. The van der Waals surface area contributed by atoms with Gasteiger partial charge in [-0.1, -0.05) is 59.3 Å². The Balaban J connectivity index is 1.85. The number of hydrogen-bond donors (Lipinski definition) is 2. The Labute approximate surface area is 152 Å². The maximum atomic E-state index is 12.0. The van der Waals surface area contributed by atoms with Gasteiger partial charge in [0.2, 0.25) is 11.7 Å². The molecule has 1 atom stereocenters. The number of carbonyl (C=O) groups is 1. The Kier molecular flexibility index (Phi) is 5.63. The number of nitrogens with one attached hydrogen (secondary N) is 2. The van der Waals surface area contributed by atoms with Crippen molar-refractivity contribution >= 4 is 6.03 Å². The summed E-state index contributed by atoms with van der Waals surface area (Å²) in [5.41, 5.74) is 3.08. The van der Waals surface area contributed by atoms with Crippen molar-refractivity contribution in [2.24, 2.45) is 0 Å². The monoisotopic (exact) mass is 350 g/mol. The van der Waals surface area contributed by atoms with E-state index in [1.807, 2.05) is 68.4 Å². The number of nitrogens with zero attached hydrogens (tertiary/aromatic N) is 2. The van der Waals surface area contributed by atoms with E-state index in [2.05, 4.69) is 20.8 Å². The van der Waals surface area contributed by atoms with Gasteiger partial charge in [-0.25, -0.2) is 4.79 Å². The Morgan fingerprint density at radius 2 is 1.96 bits per heavy atom. The van der Waals surface area contributed by atoms with Crippen molar-refractivity contribution in [3.63, 3.8) is 0 Å². The van der Waals surface area contributed by atoms with Gasteiger partial charge in [0.1, 0.15) is 6.04 Å². The molecular formula is C20H22N4O2. The third-order valence-corrected chi connectivity index (χ3v) is 3.94. The molecule has 0 radical (unpaired) electrons.